The van der Waals surface area contributed by atoms with E-state index in [9.17, 15) is 4.79 Å². The minimum Gasteiger partial charge on any atom is -0.370 e. The number of carbonyl (C=O) groups is 1. The van der Waals surface area contributed by atoms with Gasteiger partial charge in [0.15, 0.2) is 0 Å². The van der Waals surface area contributed by atoms with Crippen molar-refractivity contribution in [2.24, 2.45) is 5.41 Å². The SMILES string of the molecule is CN(C)C(=O)c1cc2cnc(Nc3ccc(N4CCC5(CC4)CNC5)cn3)nn2c1-c1ccc(Cl)cc1. The number of halogens is 1. The molecule has 5 heterocycles. The molecule has 2 fully saturated rings. The highest BCUT2D eigenvalue weighted by Gasteiger charge is 2.39. The highest BCUT2D eigenvalue weighted by atomic mass is 35.5. The van der Waals surface area contributed by atoms with Crippen molar-refractivity contribution in [1.82, 2.24) is 29.8 Å². The molecule has 4 aromatic rings. The maximum atomic E-state index is 13.0. The van der Waals surface area contributed by atoms with E-state index < -0.39 is 0 Å². The van der Waals surface area contributed by atoms with Crippen LogP contribution in [0.2, 0.25) is 5.02 Å². The van der Waals surface area contributed by atoms with E-state index in [4.69, 9.17) is 16.7 Å². The molecule has 0 aliphatic carbocycles. The Labute approximate surface area is 220 Å². The van der Waals surface area contributed by atoms with Crippen molar-refractivity contribution in [3.8, 4) is 11.3 Å². The predicted octanol–water partition coefficient (Wildman–Crippen LogP) is 4.08. The first-order chi connectivity index (χ1) is 17.9. The van der Waals surface area contributed by atoms with Crippen LogP contribution in [0.15, 0.2) is 54.9 Å². The molecule has 9 nitrogen and oxygen atoms in total. The largest absolute Gasteiger partial charge is 0.370 e. The summed E-state index contributed by atoms with van der Waals surface area (Å²) in [5, 5.41) is 12.0. The molecule has 0 atom stereocenters. The first kappa shape index (κ1) is 23.7. The highest BCUT2D eigenvalue weighted by molar-refractivity contribution is 6.30. The Morgan fingerprint density at radius 3 is 2.43 bits per heavy atom. The Balaban J connectivity index is 1.26. The Hall–Kier alpha value is -3.69. The summed E-state index contributed by atoms with van der Waals surface area (Å²) in [7, 11) is 3.47. The molecule has 3 aromatic heterocycles. The average Bonchev–Trinajstić information content (AvgIpc) is 3.27. The number of nitrogens with zero attached hydrogens (tertiary/aromatic N) is 6. The smallest absolute Gasteiger partial charge is 0.255 e. The van der Waals surface area contributed by atoms with Gasteiger partial charge in [-0.25, -0.2) is 14.5 Å². The van der Waals surface area contributed by atoms with Crippen LogP contribution in [-0.4, -0.2) is 70.7 Å². The third-order valence-corrected chi connectivity index (χ3v) is 7.70. The normalized spacial score (nSPS) is 16.6. The second-order valence-electron chi connectivity index (χ2n) is 10.1. The van der Waals surface area contributed by atoms with E-state index in [0.29, 0.717) is 39.0 Å². The summed E-state index contributed by atoms with van der Waals surface area (Å²) in [6.07, 6.45) is 6.05. The monoisotopic (exact) mass is 516 g/mol. The molecule has 2 saturated heterocycles. The maximum absolute atomic E-state index is 13.0. The van der Waals surface area contributed by atoms with Crippen molar-refractivity contribution in [1.29, 1.82) is 0 Å². The van der Waals surface area contributed by atoms with Gasteiger partial charge in [0.1, 0.15) is 5.82 Å². The molecule has 1 aromatic carbocycles. The van der Waals surface area contributed by atoms with Gasteiger partial charge in [0, 0.05) is 50.9 Å². The van der Waals surface area contributed by atoms with Gasteiger partial charge < -0.3 is 20.4 Å². The molecule has 2 aliphatic heterocycles. The molecule has 6 rings (SSSR count). The van der Waals surface area contributed by atoms with Gasteiger partial charge in [0.25, 0.3) is 5.91 Å². The van der Waals surface area contributed by atoms with E-state index in [1.807, 2.05) is 30.5 Å². The fourth-order valence-corrected chi connectivity index (χ4v) is 5.27. The predicted molar refractivity (Wildman–Crippen MR) is 146 cm³/mol. The number of pyridine rings is 1. The summed E-state index contributed by atoms with van der Waals surface area (Å²) in [5.74, 6) is 0.934. The van der Waals surface area contributed by atoms with E-state index >= 15 is 0 Å². The number of aromatic nitrogens is 4. The number of amides is 1. The van der Waals surface area contributed by atoms with Crippen LogP contribution in [0.3, 0.4) is 0 Å². The summed E-state index contributed by atoms with van der Waals surface area (Å²) in [6, 6.07) is 13.2. The summed E-state index contributed by atoms with van der Waals surface area (Å²) in [4.78, 5) is 26.0. The van der Waals surface area contributed by atoms with E-state index in [2.05, 4.69) is 31.6 Å². The van der Waals surface area contributed by atoms with E-state index in [0.717, 1.165) is 37.4 Å². The number of carbonyl (C=O) groups excluding carboxylic acids is 1. The molecule has 0 unspecified atom stereocenters. The molecule has 1 spiro atoms. The summed E-state index contributed by atoms with van der Waals surface area (Å²) in [5.41, 5.74) is 4.43. The first-order valence-corrected chi connectivity index (χ1v) is 12.8. The molecular formula is C27H29ClN8O. The van der Waals surface area contributed by atoms with Crippen LogP contribution in [0, 0.1) is 5.41 Å². The lowest BCUT2D eigenvalue weighted by Gasteiger charge is -2.48. The Bertz CT molecular complexity index is 1430. The van der Waals surface area contributed by atoms with Crippen LogP contribution >= 0.6 is 11.6 Å². The average molecular weight is 517 g/mol. The number of benzene rings is 1. The van der Waals surface area contributed by atoms with Crippen molar-refractivity contribution in [2.45, 2.75) is 12.8 Å². The van der Waals surface area contributed by atoms with Crippen molar-refractivity contribution in [3.05, 3.63) is 65.4 Å². The van der Waals surface area contributed by atoms with Gasteiger partial charge in [-0.05, 0) is 48.6 Å². The zero-order chi connectivity index (χ0) is 25.6. The number of hydrogen-bond donors (Lipinski definition) is 2. The van der Waals surface area contributed by atoms with Crippen LogP contribution in [0.1, 0.15) is 23.2 Å². The number of nitrogens with one attached hydrogen (secondary N) is 2. The summed E-state index contributed by atoms with van der Waals surface area (Å²) in [6.45, 7) is 4.42. The Morgan fingerprint density at radius 1 is 1.05 bits per heavy atom. The molecule has 0 saturated carbocycles. The van der Waals surface area contributed by atoms with Crippen molar-refractivity contribution in [2.75, 3.05) is 50.5 Å². The molecule has 190 valence electrons. The zero-order valence-electron chi connectivity index (χ0n) is 20.9. The third-order valence-electron chi connectivity index (χ3n) is 7.45. The van der Waals surface area contributed by atoms with Gasteiger partial charge in [0.2, 0.25) is 5.95 Å². The van der Waals surface area contributed by atoms with Crippen molar-refractivity contribution in [3.63, 3.8) is 0 Å². The number of rotatable bonds is 5. The van der Waals surface area contributed by atoms with Crippen molar-refractivity contribution < 1.29 is 4.79 Å². The van der Waals surface area contributed by atoms with Crippen LogP contribution < -0.4 is 15.5 Å². The van der Waals surface area contributed by atoms with Crippen LogP contribution in [-0.2, 0) is 0 Å². The summed E-state index contributed by atoms with van der Waals surface area (Å²) < 4.78 is 1.74. The third kappa shape index (κ3) is 4.49. The molecule has 37 heavy (non-hydrogen) atoms. The fraction of sp³-hybridized carbons (Fsp3) is 0.333. The van der Waals surface area contributed by atoms with Gasteiger partial charge in [-0.2, -0.15) is 0 Å². The minimum absolute atomic E-state index is 0.112. The summed E-state index contributed by atoms with van der Waals surface area (Å²) >= 11 is 6.11. The lowest BCUT2D eigenvalue weighted by Crippen LogP contribution is -2.58. The number of hydrogen-bond acceptors (Lipinski definition) is 7. The van der Waals surface area contributed by atoms with Gasteiger partial charge in [0.05, 0.1) is 34.9 Å². The Morgan fingerprint density at radius 2 is 1.81 bits per heavy atom. The van der Waals surface area contributed by atoms with Crippen LogP contribution in [0.4, 0.5) is 17.5 Å². The molecular weight excluding hydrogens is 488 g/mol. The quantitative estimate of drug-likeness (QED) is 0.413. The second kappa shape index (κ2) is 9.32. The minimum atomic E-state index is -0.112. The lowest BCUT2D eigenvalue weighted by atomic mass is 9.73. The van der Waals surface area contributed by atoms with Gasteiger partial charge in [-0.3, -0.25) is 4.79 Å². The van der Waals surface area contributed by atoms with Crippen LogP contribution in [0.5, 0.6) is 0 Å². The fourth-order valence-electron chi connectivity index (χ4n) is 5.15. The molecule has 2 aliphatic rings. The molecule has 1 amide bonds. The van der Waals surface area contributed by atoms with E-state index in [-0.39, 0.29) is 5.91 Å². The van der Waals surface area contributed by atoms with Crippen molar-refractivity contribution >= 4 is 40.5 Å². The second-order valence-corrected chi connectivity index (χ2v) is 10.6. The highest BCUT2D eigenvalue weighted by Crippen LogP contribution is 2.36. The zero-order valence-corrected chi connectivity index (χ0v) is 21.7. The van der Waals surface area contributed by atoms with Gasteiger partial charge in [-0.15, -0.1) is 5.10 Å². The van der Waals surface area contributed by atoms with Gasteiger partial charge >= 0.3 is 0 Å². The number of fused-ring (bicyclic) bond motifs is 1. The molecule has 0 bridgehead atoms. The standard InChI is InChI=1S/C27H29ClN8O/c1-34(2)25(37)22-13-21-15-31-26(33-36(21)24(22)18-3-5-19(28)6-4-18)32-23-8-7-20(14-30-23)35-11-9-27(10-12-35)16-29-17-27/h3-8,13-15,29H,9-12,16-17H2,1-2H3,(H,30,32,33). The maximum Gasteiger partial charge on any atom is 0.255 e. The van der Waals surface area contributed by atoms with E-state index in [1.54, 1.807) is 41.8 Å². The Kier molecular flexibility index (Phi) is 5.97. The van der Waals surface area contributed by atoms with E-state index in [1.165, 1.54) is 12.8 Å². The lowest BCUT2D eigenvalue weighted by molar-refractivity contribution is 0.0828. The molecule has 2 N–H and O–H groups in total. The first-order valence-electron chi connectivity index (χ1n) is 12.5. The molecule has 10 heteroatoms. The number of anilines is 3. The topological polar surface area (TPSA) is 90.7 Å². The molecule has 0 radical (unpaired) electrons. The van der Waals surface area contributed by atoms with Crippen LogP contribution in [0.25, 0.3) is 16.8 Å². The van der Waals surface area contributed by atoms with Gasteiger partial charge in [-0.1, -0.05) is 23.7 Å². The number of piperidine rings is 1.